The number of nitrogens with zero attached hydrogens (tertiary/aromatic N) is 6. The van der Waals surface area contributed by atoms with Gasteiger partial charge in [0.2, 0.25) is 5.95 Å². The zero-order valence-electron chi connectivity index (χ0n) is 18.6. The molecule has 4 heterocycles. The number of nitrogens with two attached hydrogens (primary N) is 1. The van der Waals surface area contributed by atoms with Gasteiger partial charge in [0.25, 0.3) is 10.0 Å². The molecule has 0 aromatic carbocycles. The minimum atomic E-state index is -3.85. The smallest absolute Gasteiger partial charge is 0.255 e. The number of aromatic nitrogens is 4. The Labute approximate surface area is 192 Å². The molecule has 1 saturated carbocycles. The summed E-state index contributed by atoms with van der Waals surface area (Å²) in [6, 6.07) is 5.04. The van der Waals surface area contributed by atoms with Crippen molar-refractivity contribution < 1.29 is 8.42 Å². The molecule has 4 N–H and O–H groups in total. The number of rotatable bonds is 4. The maximum Gasteiger partial charge on any atom is 0.255 e. The van der Waals surface area contributed by atoms with Crippen molar-refractivity contribution in [3.63, 3.8) is 0 Å². The summed E-state index contributed by atoms with van der Waals surface area (Å²) in [7, 11) is -2.01. The number of primary sulfonamides is 1. The first-order valence-electron chi connectivity index (χ1n) is 11.0. The predicted molar refractivity (Wildman–Crippen MR) is 127 cm³/mol. The molecule has 0 amide bonds. The summed E-state index contributed by atoms with van der Waals surface area (Å²) in [5, 5.41) is 11.1. The second-order valence-electron chi connectivity index (χ2n) is 8.39. The molecule has 11 nitrogen and oxygen atoms in total. The molecule has 0 saturated heterocycles. The number of hydrogen-bond acceptors (Lipinski definition) is 8. The SMILES string of the molecule is CCN1NC(=NC)C2(CCCCC2)n2c1cc1cnc(Nc3ccc(S(N)(=O)=O)nc3)nc12. The van der Waals surface area contributed by atoms with Crippen LogP contribution in [-0.2, 0) is 15.6 Å². The number of fused-ring (bicyclic) bond motifs is 4. The Hall–Kier alpha value is -3.25. The second kappa shape index (κ2) is 7.96. The van der Waals surface area contributed by atoms with Crippen LogP contribution in [0.5, 0.6) is 0 Å². The number of nitrogens with one attached hydrogen (secondary N) is 2. The van der Waals surface area contributed by atoms with E-state index in [1.807, 2.05) is 7.05 Å². The zero-order chi connectivity index (χ0) is 23.2. The van der Waals surface area contributed by atoms with Gasteiger partial charge in [0.1, 0.15) is 22.8 Å². The van der Waals surface area contributed by atoms with Crippen LogP contribution in [0.4, 0.5) is 17.5 Å². The van der Waals surface area contributed by atoms with Crippen molar-refractivity contribution in [2.75, 3.05) is 23.9 Å². The molecule has 1 aliphatic heterocycles. The molecule has 1 fully saturated rings. The number of sulfonamides is 1. The number of aliphatic imine (C=N–C) groups is 1. The van der Waals surface area contributed by atoms with Crippen LogP contribution in [0.1, 0.15) is 39.0 Å². The van der Waals surface area contributed by atoms with E-state index >= 15 is 0 Å². The van der Waals surface area contributed by atoms with Gasteiger partial charge < -0.3 is 5.32 Å². The monoisotopic (exact) mass is 469 g/mol. The molecular weight excluding hydrogens is 442 g/mol. The minimum absolute atomic E-state index is 0.192. The van der Waals surface area contributed by atoms with Crippen LogP contribution in [-0.4, -0.2) is 47.4 Å². The molecule has 0 unspecified atom stereocenters. The van der Waals surface area contributed by atoms with E-state index in [4.69, 9.17) is 10.1 Å². The van der Waals surface area contributed by atoms with E-state index < -0.39 is 10.0 Å². The number of pyridine rings is 1. The fourth-order valence-corrected chi connectivity index (χ4v) is 5.36. The zero-order valence-corrected chi connectivity index (χ0v) is 19.4. The Balaban J connectivity index is 1.60. The second-order valence-corrected chi connectivity index (χ2v) is 9.89. The van der Waals surface area contributed by atoms with Gasteiger partial charge in [-0.15, -0.1) is 0 Å². The van der Waals surface area contributed by atoms with Gasteiger partial charge in [-0.25, -0.2) is 23.5 Å². The summed E-state index contributed by atoms with van der Waals surface area (Å²) in [5.41, 5.74) is 4.66. The van der Waals surface area contributed by atoms with Crippen molar-refractivity contribution >= 4 is 44.3 Å². The van der Waals surface area contributed by atoms with Gasteiger partial charge in [-0.05, 0) is 38.0 Å². The first-order chi connectivity index (χ1) is 15.9. The molecule has 2 aliphatic rings. The fourth-order valence-electron chi connectivity index (χ4n) is 4.90. The van der Waals surface area contributed by atoms with Crippen molar-refractivity contribution in [2.24, 2.45) is 10.1 Å². The Kier molecular flexibility index (Phi) is 5.20. The van der Waals surface area contributed by atoms with E-state index in [1.165, 1.54) is 18.7 Å². The Morgan fingerprint density at radius 3 is 2.64 bits per heavy atom. The summed E-state index contributed by atoms with van der Waals surface area (Å²) in [6.45, 7) is 2.87. The van der Waals surface area contributed by atoms with Crippen molar-refractivity contribution in [3.8, 4) is 0 Å². The van der Waals surface area contributed by atoms with Crippen molar-refractivity contribution in [1.82, 2.24) is 24.9 Å². The van der Waals surface area contributed by atoms with Gasteiger partial charge in [-0.1, -0.05) is 19.3 Å². The van der Waals surface area contributed by atoms with Gasteiger partial charge in [0.15, 0.2) is 5.03 Å². The largest absolute Gasteiger partial charge is 0.323 e. The maximum absolute atomic E-state index is 11.5. The molecule has 0 bridgehead atoms. The van der Waals surface area contributed by atoms with Gasteiger partial charge in [0.05, 0.1) is 11.9 Å². The van der Waals surface area contributed by atoms with Crippen molar-refractivity contribution in [3.05, 3.63) is 30.6 Å². The number of hydrazine groups is 1. The molecule has 0 radical (unpaired) electrons. The molecule has 0 atom stereocenters. The lowest BCUT2D eigenvalue weighted by Crippen LogP contribution is -2.60. The Morgan fingerprint density at radius 2 is 2.00 bits per heavy atom. The highest BCUT2D eigenvalue weighted by molar-refractivity contribution is 7.89. The number of anilines is 3. The van der Waals surface area contributed by atoms with Crippen molar-refractivity contribution in [2.45, 2.75) is 49.6 Å². The van der Waals surface area contributed by atoms with E-state index in [2.05, 4.69) is 48.3 Å². The lowest BCUT2D eigenvalue weighted by molar-refractivity contribution is 0.270. The number of hydrogen-bond donors (Lipinski definition) is 3. The van der Waals surface area contributed by atoms with Gasteiger partial charge in [-0.3, -0.25) is 20.0 Å². The molecule has 1 spiro atoms. The third kappa shape index (κ3) is 3.59. The van der Waals surface area contributed by atoms with Crippen LogP contribution in [0.15, 0.2) is 40.6 Å². The lowest BCUT2D eigenvalue weighted by atomic mass is 9.79. The Bertz CT molecular complexity index is 1330. The van der Waals surface area contributed by atoms with E-state index in [0.717, 1.165) is 54.9 Å². The van der Waals surface area contributed by atoms with Crippen LogP contribution in [0.2, 0.25) is 0 Å². The minimum Gasteiger partial charge on any atom is -0.323 e. The van der Waals surface area contributed by atoms with Gasteiger partial charge >= 0.3 is 0 Å². The lowest BCUT2D eigenvalue weighted by Gasteiger charge is -2.47. The van der Waals surface area contributed by atoms with Gasteiger partial charge in [0, 0.05) is 25.2 Å². The molecule has 33 heavy (non-hydrogen) atoms. The van der Waals surface area contributed by atoms with E-state index in [1.54, 1.807) is 12.3 Å². The first-order valence-corrected chi connectivity index (χ1v) is 12.6. The average Bonchev–Trinajstić information content (AvgIpc) is 3.20. The highest BCUT2D eigenvalue weighted by Crippen LogP contribution is 2.44. The molecular formula is C21H27N9O2S. The van der Waals surface area contributed by atoms with E-state index in [9.17, 15) is 8.42 Å². The normalized spacial score (nSPS) is 19.0. The molecule has 12 heteroatoms. The fraction of sp³-hybridized carbons (Fsp3) is 0.429. The summed E-state index contributed by atoms with van der Waals surface area (Å²) in [6.07, 6.45) is 8.66. The third-order valence-electron chi connectivity index (χ3n) is 6.41. The topological polar surface area (TPSA) is 143 Å². The van der Waals surface area contributed by atoms with Crippen LogP contribution in [0, 0.1) is 0 Å². The van der Waals surface area contributed by atoms with Crippen molar-refractivity contribution in [1.29, 1.82) is 0 Å². The Morgan fingerprint density at radius 1 is 1.21 bits per heavy atom. The molecule has 5 rings (SSSR count). The summed E-state index contributed by atoms with van der Waals surface area (Å²) in [4.78, 5) is 17.9. The summed E-state index contributed by atoms with van der Waals surface area (Å²) < 4.78 is 25.2. The van der Waals surface area contributed by atoms with E-state index in [-0.39, 0.29) is 10.6 Å². The van der Waals surface area contributed by atoms with Crippen LogP contribution < -0.4 is 20.9 Å². The predicted octanol–water partition coefficient (Wildman–Crippen LogP) is 2.25. The quantitative estimate of drug-likeness (QED) is 0.528. The summed E-state index contributed by atoms with van der Waals surface area (Å²) in [5.74, 6) is 2.41. The van der Waals surface area contributed by atoms with E-state index in [0.29, 0.717) is 11.6 Å². The molecule has 1 aliphatic carbocycles. The molecule has 174 valence electrons. The van der Waals surface area contributed by atoms with Crippen LogP contribution in [0.3, 0.4) is 0 Å². The third-order valence-corrected chi connectivity index (χ3v) is 7.24. The standard InChI is InChI=1S/C21H27N9O2S/c1-3-29-17-11-14-12-25-20(26-15-7-8-16(24-13-15)33(22,31)32)27-18(14)30(17)21(19(23-2)28-29)9-5-4-6-10-21/h7-8,11-13H,3-6,9-10H2,1-2H3,(H,23,28)(H2,22,31,32)(H,25,26,27). The molecule has 3 aromatic heterocycles. The number of amidine groups is 1. The summed E-state index contributed by atoms with van der Waals surface area (Å²) >= 11 is 0. The average molecular weight is 470 g/mol. The van der Waals surface area contributed by atoms with Gasteiger partial charge in [-0.2, -0.15) is 4.98 Å². The first kappa shape index (κ1) is 21.6. The van der Waals surface area contributed by atoms with Crippen LogP contribution >= 0.6 is 0 Å². The van der Waals surface area contributed by atoms with Crippen LogP contribution in [0.25, 0.3) is 11.0 Å². The highest BCUT2D eigenvalue weighted by atomic mass is 32.2. The highest BCUT2D eigenvalue weighted by Gasteiger charge is 2.45. The maximum atomic E-state index is 11.5. The molecule has 3 aromatic rings.